The lowest BCUT2D eigenvalue weighted by atomic mass is 10.1. The molecular formula is C30H35N3O6S. The molecule has 1 unspecified atom stereocenters. The van der Waals surface area contributed by atoms with E-state index in [9.17, 15) is 13.2 Å². The summed E-state index contributed by atoms with van der Waals surface area (Å²) in [6.45, 7) is 4.48. The lowest BCUT2D eigenvalue weighted by Crippen LogP contribution is -2.32. The van der Waals surface area contributed by atoms with Crippen molar-refractivity contribution in [1.82, 2.24) is 14.4 Å². The zero-order valence-corrected chi connectivity index (χ0v) is 23.2. The summed E-state index contributed by atoms with van der Waals surface area (Å²) in [6.07, 6.45) is 10.5. The number of hydroxylamine groups is 1. The Balaban J connectivity index is 1.18. The smallest absolute Gasteiger partial charge is 0.267 e. The van der Waals surface area contributed by atoms with Crippen molar-refractivity contribution in [3.05, 3.63) is 78.6 Å². The first-order valence-corrected chi connectivity index (χ1v) is 15.2. The average molecular weight is 566 g/mol. The molecule has 10 heteroatoms. The normalized spacial score (nSPS) is 18.2. The second-order valence-electron chi connectivity index (χ2n) is 9.94. The maximum atomic E-state index is 13.3. The van der Waals surface area contributed by atoms with Gasteiger partial charge in [-0.2, -0.15) is 0 Å². The zero-order chi connectivity index (χ0) is 27.8. The van der Waals surface area contributed by atoms with Crippen molar-refractivity contribution in [2.24, 2.45) is 0 Å². The topological polar surface area (TPSA) is 99.1 Å². The lowest BCUT2D eigenvalue weighted by molar-refractivity contribution is -0.198. The third-order valence-electron chi connectivity index (χ3n) is 7.02. The molecule has 2 aliphatic rings. The highest BCUT2D eigenvalue weighted by atomic mass is 32.2. The molecule has 2 aromatic carbocycles. The molecule has 0 radical (unpaired) electrons. The Morgan fingerprint density at radius 3 is 2.62 bits per heavy atom. The molecule has 0 saturated carbocycles. The van der Waals surface area contributed by atoms with Gasteiger partial charge >= 0.3 is 0 Å². The molecule has 2 fully saturated rings. The summed E-state index contributed by atoms with van der Waals surface area (Å²) in [4.78, 5) is 19.9. The van der Waals surface area contributed by atoms with Gasteiger partial charge in [0, 0.05) is 38.0 Å². The largest absolute Gasteiger partial charge is 0.492 e. The SMILES string of the molecule is O=C(/C=C/c1ccn(S(=O)(=O)c2cccc(-c3ccc(OCCN4CCCC4)cc3)c2)c1)NOC1CCCCO1. The van der Waals surface area contributed by atoms with E-state index < -0.39 is 22.2 Å². The molecule has 0 spiro atoms. The van der Waals surface area contributed by atoms with Crippen molar-refractivity contribution < 1.29 is 27.5 Å². The van der Waals surface area contributed by atoms with Gasteiger partial charge in [-0.05, 0) is 91.9 Å². The van der Waals surface area contributed by atoms with Crippen LogP contribution in [-0.2, 0) is 24.4 Å². The Hall–Kier alpha value is -3.44. The Labute approximate surface area is 235 Å². The molecule has 5 rings (SSSR count). The number of nitrogens with one attached hydrogen (secondary N) is 1. The number of hydrogen-bond donors (Lipinski definition) is 1. The monoisotopic (exact) mass is 565 g/mol. The van der Waals surface area contributed by atoms with Crippen LogP contribution >= 0.6 is 0 Å². The van der Waals surface area contributed by atoms with Crippen LogP contribution in [0, 0.1) is 0 Å². The molecule has 212 valence electrons. The first-order valence-electron chi connectivity index (χ1n) is 13.7. The van der Waals surface area contributed by atoms with E-state index in [0.29, 0.717) is 18.8 Å². The van der Waals surface area contributed by atoms with Gasteiger partial charge in [-0.25, -0.2) is 22.7 Å². The summed E-state index contributed by atoms with van der Waals surface area (Å²) in [6, 6.07) is 16.2. The number of nitrogens with zero attached hydrogens (tertiary/aromatic N) is 2. The fraction of sp³-hybridized carbons (Fsp3) is 0.367. The van der Waals surface area contributed by atoms with Crippen molar-refractivity contribution in [3.63, 3.8) is 0 Å². The van der Waals surface area contributed by atoms with Gasteiger partial charge in [0.15, 0.2) is 6.29 Å². The van der Waals surface area contributed by atoms with Gasteiger partial charge in [0.25, 0.3) is 15.9 Å². The number of ether oxygens (including phenoxy) is 2. The fourth-order valence-corrected chi connectivity index (χ4v) is 6.03. The molecule has 1 amide bonds. The number of carbonyl (C=O) groups excluding carboxylic acids is 1. The molecule has 40 heavy (non-hydrogen) atoms. The minimum atomic E-state index is -3.83. The quantitative estimate of drug-likeness (QED) is 0.271. The van der Waals surface area contributed by atoms with Gasteiger partial charge in [0.2, 0.25) is 0 Å². The Morgan fingerprint density at radius 1 is 1.02 bits per heavy atom. The van der Waals surface area contributed by atoms with Gasteiger partial charge in [-0.3, -0.25) is 9.69 Å². The summed E-state index contributed by atoms with van der Waals surface area (Å²) < 4.78 is 39.1. The van der Waals surface area contributed by atoms with Gasteiger partial charge in [-0.15, -0.1) is 0 Å². The van der Waals surface area contributed by atoms with Crippen molar-refractivity contribution in [3.8, 4) is 16.9 Å². The highest BCUT2D eigenvalue weighted by molar-refractivity contribution is 7.90. The molecule has 3 heterocycles. The third kappa shape index (κ3) is 7.39. The number of carbonyl (C=O) groups is 1. The van der Waals surface area contributed by atoms with E-state index in [1.54, 1.807) is 24.3 Å². The van der Waals surface area contributed by atoms with Gasteiger partial charge in [-0.1, -0.05) is 24.3 Å². The molecule has 9 nitrogen and oxygen atoms in total. The zero-order valence-electron chi connectivity index (χ0n) is 22.4. The number of benzene rings is 2. The number of rotatable bonds is 11. The molecule has 2 aliphatic heterocycles. The summed E-state index contributed by atoms with van der Waals surface area (Å²) >= 11 is 0. The van der Waals surface area contributed by atoms with E-state index in [1.165, 1.54) is 37.4 Å². The molecule has 1 atom stereocenters. The van der Waals surface area contributed by atoms with E-state index in [4.69, 9.17) is 14.3 Å². The highest BCUT2D eigenvalue weighted by Gasteiger charge is 2.18. The second kappa shape index (κ2) is 13.3. The summed E-state index contributed by atoms with van der Waals surface area (Å²) in [7, 11) is -3.83. The third-order valence-corrected chi connectivity index (χ3v) is 8.65. The molecular weight excluding hydrogens is 530 g/mol. The fourth-order valence-electron chi connectivity index (χ4n) is 4.77. The van der Waals surface area contributed by atoms with Crippen LogP contribution in [0.25, 0.3) is 17.2 Å². The number of amides is 1. The lowest BCUT2D eigenvalue weighted by Gasteiger charge is -2.21. The molecule has 2 saturated heterocycles. The van der Waals surface area contributed by atoms with Crippen LogP contribution in [0.4, 0.5) is 0 Å². The number of hydrogen-bond acceptors (Lipinski definition) is 7. The van der Waals surface area contributed by atoms with Gasteiger partial charge < -0.3 is 9.47 Å². The molecule has 1 aromatic heterocycles. The highest BCUT2D eigenvalue weighted by Crippen LogP contribution is 2.26. The first kappa shape index (κ1) is 28.1. The summed E-state index contributed by atoms with van der Waals surface area (Å²) in [5, 5.41) is 0. The molecule has 3 aromatic rings. The van der Waals surface area contributed by atoms with Crippen LogP contribution in [0.5, 0.6) is 5.75 Å². The van der Waals surface area contributed by atoms with Crippen molar-refractivity contribution in [2.45, 2.75) is 43.3 Å². The number of aromatic nitrogens is 1. The molecule has 0 bridgehead atoms. The Kier molecular flexibility index (Phi) is 9.33. The molecule has 0 aliphatic carbocycles. The van der Waals surface area contributed by atoms with Crippen molar-refractivity contribution in [2.75, 3.05) is 32.8 Å². The van der Waals surface area contributed by atoms with Crippen LogP contribution in [0.1, 0.15) is 37.7 Å². The number of likely N-dealkylation sites (tertiary alicyclic amines) is 1. The van der Waals surface area contributed by atoms with Crippen LogP contribution in [0.15, 0.2) is 78.0 Å². The van der Waals surface area contributed by atoms with Crippen LogP contribution in [0.3, 0.4) is 0 Å². The second-order valence-corrected chi connectivity index (χ2v) is 11.8. The van der Waals surface area contributed by atoms with E-state index in [2.05, 4.69) is 10.4 Å². The summed E-state index contributed by atoms with van der Waals surface area (Å²) in [5.74, 6) is 0.336. The first-order chi connectivity index (χ1) is 19.5. The van der Waals surface area contributed by atoms with E-state index in [1.807, 2.05) is 30.3 Å². The van der Waals surface area contributed by atoms with Gasteiger partial charge in [0.1, 0.15) is 12.4 Å². The van der Waals surface area contributed by atoms with E-state index in [0.717, 1.165) is 59.7 Å². The van der Waals surface area contributed by atoms with Crippen molar-refractivity contribution in [1.29, 1.82) is 0 Å². The predicted molar refractivity (Wildman–Crippen MR) is 152 cm³/mol. The van der Waals surface area contributed by atoms with Crippen LogP contribution < -0.4 is 10.2 Å². The van der Waals surface area contributed by atoms with Crippen molar-refractivity contribution >= 4 is 22.0 Å². The van der Waals surface area contributed by atoms with Crippen LogP contribution in [-0.4, -0.2) is 62.3 Å². The maximum absolute atomic E-state index is 13.3. The molecule has 1 N–H and O–H groups in total. The maximum Gasteiger partial charge on any atom is 0.267 e. The van der Waals surface area contributed by atoms with Gasteiger partial charge in [0.05, 0.1) is 4.90 Å². The van der Waals surface area contributed by atoms with E-state index in [-0.39, 0.29) is 4.90 Å². The Bertz CT molecular complexity index is 1410. The predicted octanol–water partition coefficient (Wildman–Crippen LogP) is 4.45. The minimum absolute atomic E-state index is 0.167. The standard InChI is InChI=1S/C30H35N3O6S/c34-29(31-39-30-8-1-4-20-38-30)14-9-24-15-18-33(23-24)40(35,36)28-7-5-6-26(22-28)25-10-12-27(13-11-25)37-21-19-32-16-2-3-17-32/h5-7,9-15,18,22-23,30H,1-4,8,16-17,19-21H2,(H,31,34)/b14-9+. The van der Waals surface area contributed by atoms with Crippen LogP contribution in [0.2, 0.25) is 0 Å². The Morgan fingerprint density at radius 2 is 1.85 bits per heavy atom. The minimum Gasteiger partial charge on any atom is -0.492 e. The average Bonchev–Trinajstić information content (AvgIpc) is 3.69. The summed E-state index contributed by atoms with van der Waals surface area (Å²) in [5.41, 5.74) is 4.59. The van der Waals surface area contributed by atoms with E-state index >= 15 is 0 Å².